The lowest BCUT2D eigenvalue weighted by molar-refractivity contribution is 0.0376. The van der Waals surface area contributed by atoms with Crippen molar-refractivity contribution in [3.05, 3.63) is 52.5 Å². The van der Waals surface area contributed by atoms with E-state index in [1.165, 1.54) is 5.56 Å². The Morgan fingerprint density at radius 1 is 1.16 bits per heavy atom. The first kappa shape index (κ1) is 21.5. The van der Waals surface area contributed by atoms with Gasteiger partial charge in [0.2, 0.25) is 0 Å². The Bertz CT molecular complexity index is 1260. The maximum Gasteiger partial charge on any atom is 0.260 e. The van der Waals surface area contributed by atoms with Crippen LogP contribution in [0.15, 0.2) is 35.8 Å². The van der Waals surface area contributed by atoms with Crippen molar-refractivity contribution >= 4 is 54.1 Å². The summed E-state index contributed by atoms with van der Waals surface area (Å²) >= 11 is 3.16. The highest BCUT2D eigenvalue weighted by Crippen LogP contribution is 2.33. The molecular weight excluding hydrogens is 440 g/mol. The van der Waals surface area contributed by atoms with Gasteiger partial charge in [-0.2, -0.15) is 0 Å². The van der Waals surface area contributed by atoms with Crippen LogP contribution in [0, 0.1) is 13.8 Å². The number of hydrogen-bond donors (Lipinski definition) is 0. The molecule has 2 aromatic heterocycles. The van der Waals surface area contributed by atoms with Crippen molar-refractivity contribution in [2.45, 2.75) is 20.3 Å². The Kier molecular flexibility index (Phi) is 6.19. The molecule has 0 unspecified atom stereocenters. The summed E-state index contributed by atoms with van der Waals surface area (Å²) in [4.78, 5) is 27.2. The fraction of sp³-hybridized carbons (Fsp3) is 0.375. The predicted molar refractivity (Wildman–Crippen MR) is 132 cm³/mol. The molecule has 1 amide bonds. The zero-order valence-corrected chi connectivity index (χ0v) is 20.0. The maximum absolute atomic E-state index is 13.7. The Morgan fingerprint density at radius 2 is 2.00 bits per heavy atom. The first-order valence-corrected chi connectivity index (χ1v) is 12.6. The average Bonchev–Trinajstić information content (AvgIpc) is 3.43. The van der Waals surface area contributed by atoms with Gasteiger partial charge in [0, 0.05) is 31.7 Å². The minimum atomic E-state index is -0.00397. The normalized spacial score (nSPS) is 14.9. The van der Waals surface area contributed by atoms with E-state index < -0.39 is 0 Å². The molecule has 2 aromatic carbocycles. The summed E-state index contributed by atoms with van der Waals surface area (Å²) in [5.74, 6) is -0.00397. The van der Waals surface area contributed by atoms with E-state index in [9.17, 15) is 4.79 Å². The number of thiazole rings is 2. The molecule has 4 aromatic rings. The highest BCUT2D eigenvalue weighted by atomic mass is 32.1. The molecule has 0 aliphatic carbocycles. The first-order chi connectivity index (χ1) is 15.6. The molecule has 5 rings (SSSR count). The number of rotatable bonds is 6. The minimum absolute atomic E-state index is 0.00397. The monoisotopic (exact) mass is 466 g/mol. The number of aromatic nitrogens is 2. The lowest BCUT2D eigenvalue weighted by Gasteiger charge is -2.27. The van der Waals surface area contributed by atoms with Crippen LogP contribution in [0.2, 0.25) is 0 Å². The first-order valence-electron chi connectivity index (χ1n) is 10.9. The number of anilines is 1. The van der Waals surface area contributed by atoms with Gasteiger partial charge < -0.3 is 4.74 Å². The standard InChI is InChI=1S/C24H26N4O2S2/c1-16-12-17(2)22-21(13-16)32-24(26-22)28(7-3-6-27-8-10-30-11-9-27)23(29)18-4-5-19-20(14-18)31-15-25-19/h4-5,12-15H,3,6-11H2,1-2H3. The van der Waals surface area contributed by atoms with Gasteiger partial charge in [0.05, 0.1) is 39.2 Å². The van der Waals surface area contributed by atoms with Gasteiger partial charge in [-0.1, -0.05) is 17.4 Å². The van der Waals surface area contributed by atoms with Crippen molar-refractivity contribution in [2.24, 2.45) is 0 Å². The van der Waals surface area contributed by atoms with Gasteiger partial charge in [0.1, 0.15) is 0 Å². The van der Waals surface area contributed by atoms with Crippen LogP contribution in [0.25, 0.3) is 20.4 Å². The highest BCUT2D eigenvalue weighted by molar-refractivity contribution is 7.22. The van der Waals surface area contributed by atoms with E-state index in [0.29, 0.717) is 12.1 Å². The zero-order valence-electron chi connectivity index (χ0n) is 18.3. The SMILES string of the molecule is Cc1cc(C)c2nc(N(CCCN3CCOCC3)C(=O)c3ccc4ncsc4c3)sc2c1. The number of morpholine rings is 1. The molecule has 8 heteroatoms. The molecule has 1 saturated heterocycles. The van der Waals surface area contributed by atoms with Gasteiger partial charge in [-0.05, 0) is 55.7 Å². The van der Waals surface area contributed by atoms with Crippen molar-refractivity contribution in [1.29, 1.82) is 0 Å². The van der Waals surface area contributed by atoms with Gasteiger partial charge in [0.15, 0.2) is 5.13 Å². The van der Waals surface area contributed by atoms with Crippen LogP contribution in [-0.2, 0) is 4.74 Å². The topological polar surface area (TPSA) is 58.6 Å². The van der Waals surface area contributed by atoms with E-state index >= 15 is 0 Å². The number of nitrogens with zero attached hydrogens (tertiary/aromatic N) is 4. The van der Waals surface area contributed by atoms with Crippen molar-refractivity contribution in [1.82, 2.24) is 14.9 Å². The Morgan fingerprint density at radius 3 is 2.84 bits per heavy atom. The maximum atomic E-state index is 13.7. The summed E-state index contributed by atoms with van der Waals surface area (Å²) in [5.41, 5.74) is 6.77. The van der Waals surface area contributed by atoms with E-state index in [2.05, 4.69) is 35.9 Å². The van der Waals surface area contributed by atoms with Gasteiger partial charge in [-0.3, -0.25) is 14.6 Å². The molecule has 0 atom stereocenters. The zero-order chi connectivity index (χ0) is 22.1. The average molecular weight is 467 g/mol. The van der Waals surface area contributed by atoms with Crippen molar-refractivity contribution in [3.8, 4) is 0 Å². The third-order valence-electron chi connectivity index (χ3n) is 5.83. The second kappa shape index (κ2) is 9.23. The summed E-state index contributed by atoms with van der Waals surface area (Å²) in [6, 6.07) is 10.1. The number of amides is 1. The summed E-state index contributed by atoms with van der Waals surface area (Å²) in [7, 11) is 0. The molecular formula is C24H26N4O2S2. The Labute approximate surface area is 195 Å². The molecule has 0 spiro atoms. The van der Waals surface area contributed by atoms with Gasteiger partial charge in [-0.15, -0.1) is 11.3 Å². The number of hydrogen-bond acceptors (Lipinski definition) is 7. The second-order valence-corrected chi connectivity index (χ2v) is 10.1. The van der Waals surface area contributed by atoms with E-state index in [4.69, 9.17) is 9.72 Å². The second-order valence-electron chi connectivity index (χ2n) is 8.22. The van der Waals surface area contributed by atoms with Crippen LogP contribution in [0.3, 0.4) is 0 Å². The van der Waals surface area contributed by atoms with Crippen LogP contribution in [0.4, 0.5) is 5.13 Å². The van der Waals surface area contributed by atoms with E-state index in [1.54, 1.807) is 22.7 Å². The molecule has 0 saturated carbocycles. The molecule has 1 aliphatic heterocycles. The van der Waals surface area contributed by atoms with E-state index in [-0.39, 0.29) is 5.91 Å². The van der Waals surface area contributed by atoms with Crippen LogP contribution >= 0.6 is 22.7 Å². The Hall–Kier alpha value is -2.39. The number of benzene rings is 2. The highest BCUT2D eigenvalue weighted by Gasteiger charge is 2.23. The summed E-state index contributed by atoms with van der Waals surface area (Å²) in [5, 5.41) is 0.769. The number of ether oxygens (including phenoxy) is 1. The van der Waals surface area contributed by atoms with Crippen LogP contribution in [0.5, 0.6) is 0 Å². The van der Waals surface area contributed by atoms with Gasteiger partial charge >= 0.3 is 0 Å². The third kappa shape index (κ3) is 4.41. The molecule has 6 nitrogen and oxygen atoms in total. The quantitative estimate of drug-likeness (QED) is 0.405. The van der Waals surface area contributed by atoms with Crippen LogP contribution in [-0.4, -0.2) is 60.2 Å². The van der Waals surface area contributed by atoms with E-state index in [1.807, 2.05) is 28.6 Å². The summed E-state index contributed by atoms with van der Waals surface area (Å²) < 4.78 is 7.61. The molecule has 32 heavy (non-hydrogen) atoms. The largest absolute Gasteiger partial charge is 0.379 e. The van der Waals surface area contributed by atoms with Crippen molar-refractivity contribution < 1.29 is 9.53 Å². The molecule has 0 N–H and O–H groups in total. The summed E-state index contributed by atoms with van der Waals surface area (Å²) in [6.45, 7) is 9.24. The molecule has 3 heterocycles. The fourth-order valence-electron chi connectivity index (χ4n) is 4.18. The fourth-order valence-corrected chi connectivity index (χ4v) is 6.06. The van der Waals surface area contributed by atoms with E-state index in [0.717, 1.165) is 70.4 Å². The van der Waals surface area contributed by atoms with Crippen molar-refractivity contribution in [3.63, 3.8) is 0 Å². The molecule has 0 radical (unpaired) electrons. The smallest absolute Gasteiger partial charge is 0.260 e. The number of carbonyl (C=O) groups is 1. The molecule has 1 aliphatic rings. The van der Waals surface area contributed by atoms with Crippen LogP contribution in [0.1, 0.15) is 27.9 Å². The third-order valence-corrected chi connectivity index (χ3v) is 7.65. The molecule has 0 bridgehead atoms. The number of carbonyl (C=O) groups excluding carboxylic acids is 1. The molecule has 1 fully saturated rings. The predicted octanol–water partition coefficient (Wildman–Crippen LogP) is 4.89. The number of fused-ring (bicyclic) bond motifs is 2. The lowest BCUT2D eigenvalue weighted by Crippen LogP contribution is -2.39. The Balaban J connectivity index is 1.44. The van der Waals surface area contributed by atoms with Crippen LogP contribution < -0.4 is 4.90 Å². The summed E-state index contributed by atoms with van der Waals surface area (Å²) in [6.07, 6.45) is 0.891. The molecule has 166 valence electrons. The number of aryl methyl sites for hydroxylation is 2. The van der Waals surface area contributed by atoms with Gasteiger partial charge in [0.25, 0.3) is 5.91 Å². The van der Waals surface area contributed by atoms with Gasteiger partial charge in [-0.25, -0.2) is 9.97 Å². The lowest BCUT2D eigenvalue weighted by atomic mass is 10.1. The minimum Gasteiger partial charge on any atom is -0.379 e. The van der Waals surface area contributed by atoms with Crippen molar-refractivity contribution in [2.75, 3.05) is 44.3 Å².